The van der Waals surface area contributed by atoms with E-state index in [1.54, 1.807) is 0 Å². The first-order chi connectivity index (χ1) is 22.1. The van der Waals surface area contributed by atoms with Crippen LogP contribution >= 0.6 is 22.7 Å². The van der Waals surface area contributed by atoms with Gasteiger partial charge < -0.3 is 9.47 Å². The minimum Gasteiger partial charge on any atom is -0.353 e. The van der Waals surface area contributed by atoms with Gasteiger partial charge in [0.15, 0.2) is 0 Å². The molecule has 1 aliphatic rings. The lowest BCUT2D eigenvalue weighted by Gasteiger charge is -2.46. The predicted octanol–water partition coefficient (Wildman–Crippen LogP) is 10.3. The number of aromatic nitrogens is 1. The molecule has 0 radical (unpaired) electrons. The summed E-state index contributed by atoms with van der Waals surface area (Å²) < 4.78 is 6.14. The number of thiophene rings is 2. The minimum atomic E-state index is -0.0521. The van der Waals surface area contributed by atoms with Gasteiger partial charge >= 0.3 is 0 Å². The summed E-state index contributed by atoms with van der Waals surface area (Å²) in [5.41, 5.74) is 7.60. The van der Waals surface area contributed by atoms with E-state index in [1.165, 1.54) is 51.9 Å². The van der Waals surface area contributed by atoms with Crippen molar-refractivity contribution in [2.45, 2.75) is 12.2 Å². The van der Waals surface area contributed by atoms with Gasteiger partial charge in [0.2, 0.25) is 0 Å². The average molecular weight is 617 g/mol. The molecule has 0 bridgehead atoms. The molecule has 4 nitrogen and oxygen atoms in total. The van der Waals surface area contributed by atoms with E-state index in [0.29, 0.717) is 5.56 Å². The van der Waals surface area contributed by atoms with E-state index in [4.69, 9.17) is 0 Å². The molecular formula is C39H28N4S2. The molecule has 0 spiro atoms. The van der Waals surface area contributed by atoms with Crippen LogP contribution in [0.2, 0.25) is 0 Å². The molecular weight excluding hydrogens is 589 g/mol. The van der Waals surface area contributed by atoms with Crippen molar-refractivity contribution in [2.24, 2.45) is 0 Å². The highest BCUT2D eigenvalue weighted by Crippen LogP contribution is 2.53. The summed E-state index contributed by atoms with van der Waals surface area (Å²) in [6.07, 6.45) is -0.0521. The quantitative estimate of drug-likeness (QED) is 0.198. The summed E-state index contributed by atoms with van der Waals surface area (Å²) in [5.74, 6) is 0. The molecule has 9 rings (SSSR count). The fourth-order valence-corrected chi connectivity index (χ4v) is 10.1. The van der Waals surface area contributed by atoms with Gasteiger partial charge in [0, 0.05) is 32.6 Å². The first-order valence-corrected chi connectivity index (χ1v) is 16.7. The van der Waals surface area contributed by atoms with Gasteiger partial charge in [-0.2, -0.15) is 5.26 Å². The molecule has 0 aliphatic carbocycles. The lowest BCUT2D eigenvalue weighted by atomic mass is 9.95. The van der Waals surface area contributed by atoms with Crippen LogP contribution in [0, 0.1) is 11.3 Å². The summed E-state index contributed by atoms with van der Waals surface area (Å²) in [6.45, 7) is 0. The Morgan fingerprint density at radius 1 is 0.667 bits per heavy atom. The fraction of sp³-hybridized carbons (Fsp3) is 0.103. The van der Waals surface area contributed by atoms with Crippen LogP contribution in [0.1, 0.15) is 33.8 Å². The van der Waals surface area contributed by atoms with Crippen molar-refractivity contribution in [3.63, 3.8) is 0 Å². The smallest absolute Gasteiger partial charge is 0.109 e. The highest BCUT2D eigenvalue weighted by molar-refractivity contribution is 7.26. The zero-order chi connectivity index (χ0) is 30.2. The number of benzene rings is 5. The lowest BCUT2D eigenvalue weighted by Crippen LogP contribution is -2.44. The lowest BCUT2D eigenvalue weighted by molar-refractivity contribution is 0.188. The van der Waals surface area contributed by atoms with Crippen LogP contribution in [0.4, 0.5) is 5.69 Å². The summed E-state index contributed by atoms with van der Waals surface area (Å²) in [7, 11) is 4.45. The van der Waals surface area contributed by atoms with Gasteiger partial charge in [-0.3, -0.25) is 4.90 Å². The molecule has 2 atom stereocenters. The van der Waals surface area contributed by atoms with Crippen LogP contribution in [0.3, 0.4) is 0 Å². The van der Waals surface area contributed by atoms with E-state index in [9.17, 15) is 5.26 Å². The highest BCUT2D eigenvalue weighted by atomic mass is 32.1. The fourth-order valence-electron chi connectivity index (χ4n) is 7.46. The van der Waals surface area contributed by atoms with Gasteiger partial charge in [0.05, 0.1) is 43.6 Å². The van der Waals surface area contributed by atoms with Crippen molar-refractivity contribution in [2.75, 3.05) is 19.0 Å². The molecule has 0 amide bonds. The van der Waals surface area contributed by atoms with E-state index in [-0.39, 0.29) is 12.2 Å². The average Bonchev–Trinajstić information content (AvgIpc) is 3.74. The molecule has 6 heteroatoms. The van der Waals surface area contributed by atoms with Crippen LogP contribution in [-0.4, -0.2) is 23.6 Å². The van der Waals surface area contributed by atoms with Crippen molar-refractivity contribution in [1.29, 1.82) is 5.26 Å². The van der Waals surface area contributed by atoms with Gasteiger partial charge in [0.25, 0.3) is 0 Å². The Morgan fingerprint density at radius 3 is 2.11 bits per heavy atom. The number of rotatable bonds is 3. The third-order valence-electron chi connectivity index (χ3n) is 9.34. The summed E-state index contributed by atoms with van der Waals surface area (Å²) >= 11 is 3.72. The summed E-state index contributed by atoms with van der Waals surface area (Å²) in [6, 6.07) is 45.8. The molecule has 1 aliphatic heterocycles. The number of fused-ring (bicyclic) bond motifs is 8. The van der Waals surface area contributed by atoms with E-state index >= 15 is 0 Å². The summed E-state index contributed by atoms with van der Waals surface area (Å²) in [5, 5.41) is 14.2. The van der Waals surface area contributed by atoms with Crippen molar-refractivity contribution in [3.05, 3.63) is 143 Å². The monoisotopic (exact) mass is 616 g/mol. The molecule has 0 saturated heterocycles. The highest BCUT2D eigenvalue weighted by Gasteiger charge is 2.39. The third kappa shape index (κ3) is 3.79. The molecule has 3 aromatic heterocycles. The maximum atomic E-state index is 10.5. The summed E-state index contributed by atoms with van der Waals surface area (Å²) in [4.78, 5) is 6.28. The molecule has 0 N–H and O–H groups in total. The first-order valence-electron chi connectivity index (χ1n) is 15.1. The number of hydrogen-bond donors (Lipinski definition) is 0. The molecule has 0 saturated carbocycles. The molecule has 2 unspecified atom stereocenters. The number of nitriles is 1. The molecule has 4 heterocycles. The Balaban J connectivity index is 1.30. The van der Waals surface area contributed by atoms with Crippen molar-refractivity contribution in [1.82, 2.24) is 9.47 Å². The Morgan fingerprint density at radius 2 is 1.33 bits per heavy atom. The van der Waals surface area contributed by atoms with Gasteiger partial charge in [-0.15, -0.1) is 22.7 Å². The minimum absolute atomic E-state index is 0.0521. The Kier molecular flexibility index (Phi) is 5.91. The second-order valence-corrected chi connectivity index (χ2v) is 13.9. The standard InChI is InChI=1S/C39H28N4S2/c1-41-34(24-12-4-3-5-13-24)38-35(28-15-7-10-18-32(28)45-38)42(2)39(41)25-20-21-26(23-40)31(22-25)43-30-17-9-6-14-27(30)37-36(43)29-16-8-11-19-33(29)44-37/h3-22,34,39H,1-2H3. The van der Waals surface area contributed by atoms with Crippen molar-refractivity contribution in [3.8, 4) is 11.8 Å². The van der Waals surface area contributed by atoms with Gasteiger partial charge in [-0.25, -0.2) is 0 Å². The van der Waals surface area contributed by atoms with Crippen molar-refractivity contribution < 1.29 is 0 Å². The maximum absolute atomic E-state index is 10.5. The molecule has 8 aromatic rings. The molecule has 45 heavy (non-hydrogen) atoms. The Labute approximate surface area is 269 Å². The maximum Gasteiger partial charge on any atom is 0.109 e. The zero-order valence-corrected chi connectivity index (χ0v) is 26.4. The van der Waals surface area contributed by atoms with Gasteiger partial charge in [-0.05, 0) is 48.5 Å². The van der Waals surface area contributed by atoms with Crippen LogP contribution in [0.5, 0.6) is 0 Å². The predicted molar refractivity (Wildman–Crippen MR) is 190 cm³/mol. The van der Waals surface area contributed by atoms with E-state index in [2.05, 4.69) is 150 Å². The second-order valence-electron chi connectivity index (χ2n) is 11.8. The van der Waals surface area contributed by atoms with Gasteiger partial charge in [0.1, 0.15) is 12.2 Å². The van der Waals surface area contributed by atoms with E-state index < -0.39 is 0 Å². The van der Waals surface area contributed by atoms with Crippen molar-refractivity contribution >= 4 is 69.7 Å². The zero-order valence-electron chi connectivity index (χ0n) is 24.8. The SMILES string of the molecule is CN1c2c(sc3ccccc23)C(c2ccccc2)N(C)C1c1ccc(C#N)c(-n2c3ccccc3c3sc4ccccc4c32)c1. The number of nitrogens with zero attached hydrogens (tertiary/aromatic N) is 4. The van der Waals surface area contributed by atoms with E-state index in [1.807, 2.05) is 28.7 Å². The normalized spacial score (nSPS) is 17.0. The van der Waals surface area contributed by atoms with Crippen LogP contribution in [0.25, 0.3) is 47.0 Å². The van der Waals surface area contributed by atoms with Crippen LogP contribution in [-0.2, 0) is 0 Å². The topological polar surface area (TPSA) is 35.2 Å². The third-order valence-corrected chi connectivity index (χ3v) is 11.7. The molecule has 0 fully saturated rings. The molecule has 5 aromatic carbocycles. The first kappa shape index (κ1) is 26.5. The van der Waals surface area contributed by atoms with Gasteiger partial charge in [-0.1, -0.05) is 91.0 Å². The number of para-hydroxylation sites is 1. The number of hydrogen-bond acceptors (Lipinski definition) is 5. The Bertz CT molecular complexity index is 2450. The Hall–Kier alpha value is -4.93. The number of anilines is 1. The largest absolute Gasteiger partial charge is 0.353 e. The van der Waals surface area contributed by atoms with E-state index in [0.717, 1.165) is 16.8 Å². The second kappa shape index (κ2) is 10.0. The van der Waals surface area contributed by atoms with Crippen LogP contribution < -0.4 is 4.90 Å². The van der Waals surface area contributed by atoms with Crippen LogP contribution in [0.15, 0.2) is 121 Å². The molecule has 216 valence electrons.